The predicted molar refractivity (Wildman–Crippen MR) is 134 cm³/mol. The maximum atomic E-state index is 13.2. The van der Waals surface area contributed by atoms with Crippen molar-refractivity contribution in [1.82, 2.24) is 5.32 Å². The third-order valence-corrected chi connectivity index (χ3v) is 7.33. The van der Waals surface area contributed by atoms with Crippen LogP contribution < -0.4 is 10.2 Å². The van der Waals surface area contributed by atoms with Gasteiger partial charge in [0.15, 0.2) is 0 Å². The number of alkyl halides is 3. The first-order valence-corrected chi connectivity index (χ1v) is 13.1. The molecule has 1 N–H and O–H groups in total. The number of anilines is 1. The molecule has 2 aromatic carbocycles. The highest BCUT2D eigenvalue weighted by atomic mass is 32.2. The fraction of sp³-hybridized carbons (Fsp3) is 0.360. The second-order valence-electron chi connectivity index (χ2n) is 7.76. The van der Waals surface area contributed by atoms with Gasteiger partial charge in [-0.3, -0.25) is 14.5 Å². The van der Waals surface area contributed by atoms with E-state index in [9.17, 15) is 22.8 Å². The highest BCUT2D eigenvalue weighted by Crippen LogP contribution is 2.42. The number of thioether (sulfide) groups is 2. The Morgan fingerprint density at radius 3 is 2.50 bits per heavy atom. The molecule has 0 aromatic heterocycles. The lowest BCUT2D eigenvalue weighted by Gasteiger charge is -2.29. The molecule has 1 aliphatic rings. The topological polar surface area (TPSA) is 49.4 Å². The first-order chi connectivity index (χ1) is 16.3. The van der Waals surface area contributed by atoms with Crippen LogP contribution in [-0.2, 0) is 15.8 Å². The SMILES string of the molecule is CCCCSCCCNC(=O)CN1C(=O)C(=Cc2ccc(C(F)(F)F)cc2)Sc2ccccc21. The normalized spacial score (nSPS) is 14.9. The van der Waals surface area contributed by atoms with Crippen LogP contribution in [-0.4, -0.2) is 36.4 Å². The number of nitrogens with one attached hydrogen (secondary N) is 1. The van der Waals surface area contributed by atoms with Crippen LogP contribution in [0.3, 0.4) is 0 Å². The van der Waals surface area contributed by atoms with E-state index in [4.69, 9.17) is 0 Å². The first kappa shape index (κ1) is 26.2. The maximum Gasteiger partial charge on any atom is 0.416 e. The van der Waals surface area contributed by atoms with E-state index in [0.717, 1.165) is 35.0 Å². The van der Waals surface area contributed by atoms with E-state index in [1.807, 2.05) is 23.9 Å². The minimum atomic E-state index is -4.42. The lowest BCUT2D eigenvalue weighted by Crippen LogP contribution is -2.43. The van der Waals surface area contributed by atoms with Gasteiger partial charge in [-0.05, 0) is 60.3 Å². The summed E-state index contributed by atoms with van der Waals surface area (Å²) in [6.45, 7) is 2.58. The van der Waals surface area contributed by atoms with Gasteiger partial charge in [0.2, 0.25) is 5.91 Å². The smallest absolute Gasteiger partial charge is 0.355 e. The molecule has 0 bridgehead atoms. The Hall–Kier alpha value is -2.39. The van der Waals surface area contributed by atoms with Gasteiger partial charge in [-0.1, -0.05) is 49.4 Å². The van der Waals surface area contributed by atoms with Crippen molar-refractivity contribution in [2.75, 3.05) is 29.5 Å². The Labute approximate surface area is 206 Å². The van der Waals surface area contributed by atoms with E-state index >= 15 is 0 Å². The Balaban J connectivity index is 1.68. The number of hydrogen-bond acceptors (Lipinski definition) is 4. The van der Waals surface area contributed by atoms with Gasteiger partial charge in [0.05, 0.1) is 16.2 Å². The van der Waals surface area contributed by atoms with Crippen LogP contribution >= 0.6 is 23.5 Å². The Morgan fingerprint density at radius 2 is 1.79 bits per heavy atom. The molecule has 182 valence electrons. The fourth-order valence-electron chi connectivity index (χ4n) is 3.29. The summed E-state index contributed by atoms with van der Waals surface area (Å²) in [7, 11) is 0. The summed E-state index contributed by atoms with van der Waals surface area (Å²) >= 11 is 3.12. The molecule has 9 heteroatoms. The molecule has 2 aromatic rings. The molecular formula is C25H27F3N2O2S2. The van der Waals surface area contributed by atoms with Gasteiger partial charge in [-0.15, -0.1) is 0 Å². The zero-order valence-corrected chi connectivity index (χ0v) is 20.5. The summed E-state index contributed by atoms with van der Waals surface area (Å²) in [5.74, 6) is 1.49. The molecule has 2 amide bonds. The Bertz CT molecular complexity index is 1020. The van der Waals surface area contributed by atoms with E-state index in [0.29, 0.717) is 22.7 Å². The van der Waals surface area contributed by atoms with Gasteiger partial charge in [-0.25, -0.2) is 0 Å². The number of rotatable bonds is 10. The zero-order chi connectivity index (χ0) is 24.6. The van der Waals surface area contributed by atoms with Gasteiger partial charge < -0.3 is 5.32 Å². The quantitative estimate of drug-likeness (QED) is 0.306. The highest BCUT2D eigenvalue weighted by Gasteiger charge is 2.31. The number of para-hydroxylation sites is 1. The average molecular weight is 509 g/mol. The summed E-state index contributed by atoms with van der Waals surface area (Å²) in [6.07, 6.45) is 0.357. The van der Waals surface area contributed by atoms with E-state index < -0.39 is 11.7 Å². The number of carbonyl (C=O) groups is 2. The number of amides is 2. The summed E-state index contributed by atoms with van der Waals surface area (Å²) in [5.41, 5.74) is 0.380. The van der Waals surface area contributed by atoms with Crippen LogP contribution in [0.2, 0.25) is 0 Å². The molecule has 0 saturated heterocycles. The molecule has 0 aliphatic carbocycles. The lowest BCUT2D eigenvalue weighted by atomic mass is 10.1. The number of benzene rings is 2. The monoisotopic (exact) mass is 508 g/mol. The molecule has 0 saturated carbocycles. The number of halogens is 3. The van der Waals surface area contributed by atoms with Crippen LogP contribution in [0.5, 0.6) is 0 Å². The van der Waals surface area contributed by atoms with Crippen molar-refractivity contribution in [3.63, 3.8) is 0 Å². The molecule has 3 rings (SSSR count). The molecule has 1 aliphatic heterocycles. The summed E-state index contributed by atoms with van der Waals surface area (Å²) in [4.78, 5) is 28.3. The molecule has 4 nitrogen and oxygen atoms in total. The summed E-state index contributed by atoms with van der Waals surface area (Å²) in [6, 6.07) is 11.9. The van der Waals surface area contributed by atoms with Crippen LogP contribution in [0, 0.1) is 0 Å². The minimum Gasteiger partial charge on any atom is -0.355 e. The number of carbonyl (C=O) groups excluding carboxylic acids is 2. The Kier molecular flexibility index (Phi) is 9.53. The average Bonchev–Trinajstić information content (AvgIpc) is 2.81. The Morgan fingerprint density at radius 1 is 1.09 bits per heavy atom. The molecule has 0 atom stereocenters. The van der Waals surface area contributed by atoms with Crippen LogP contribution in [0.4, 0.5) is 18.9 Å². The molecule has 0 fully saturated rings. The third kappa shape index (κ3) is 7.30. The van der Waals surface area contributed by atoms with Gasteiger partial charge in [0.25, 0.3) is 5.91 Å². The maximum absolute atomic E-state index is 13.2. The standard InChI is InChI=1S/C25H27F3N2O2S2/c1-2-3-14-33-15-6-13-29-23(31)17-30-20-7-4-5-8-21(20)34-22(24(30)32)16-18-9-11-19(12-10-18)25(26,27)28/h4-5,7-12,16H,2-3,6,13-15,17H2,1H3,(H,29,31). The van der Waals surface area contributed by atoms with Crippen molar-refractivity contribution >= 4 is 47.1 Å². The van der Waals surface area contributed by atoms with E-state index in [-0.39, 0.29) is 18.4 Å². The third-order valence-electron chi connectivity index (χ3n) is 5.10. The van der Waals surface area contributed by atoms with Crippen molar-refractivity contribution < 1.29 is 22.8 Å². The minimum absolute atomic E-state index is 0.121. The van der Waals surface area contributed by atoms with Crippen molar-refractivity contribution in [3.8, 4) is 0 Å². The zero-order valence-electron chi connectivity index (χ0n) is 18.9. The van der Waals surface area contributed by atoms with Crippen molar-refractivity contribution in [2.24, 2.45) is 0 Å². The molecule has 0 radical (unpaired) electrons. The first-order valence-electron chi connectivity index (χ1n) is 11.1. The molecule has 1 heterocycles. The molecule has 0 unspecified atom stereocenters. The molecular weight excluding hydrogens is 481 g/mol. The molecule has 0 spiro atoms. The van der Waals surface area contributed by atoms with Gasteiger partial charge in [-0.2, -0.15) is 24.9 Å². The van der Waals surface area contributed by atoms with Crippen molar-refractivity contribution in [3.05, 3.63) is 64.6 Å². The van der Waals surface area contributed by atoms with Crippen LogP contribution in [0.25, 0.3) is 6.08 Å². The number of fused-ring (bicyclic) bond motifs is 1. The van der Waals surface area contributed by atoms with Gasteiger partial charge in [0.1, 0.15) is 6.54 Å². The van der Waals surface area contributed by atoms with Crippen LogP contribution in [0.1, 0.15) is 37.3 Å². The lowest BCUT2D eigenvalue weighted by molar-refractivity contribution is -0.137. The second-order valence-corrected chi connectivity index (χ2v) is 10.1. The van der Waals surface area contributed by atoms with Gasteiger partial charge >= 0.3 is 6.18 Å². The summed E-state index contributed by atoms with van der Waals surface area (Å²) in [5, 5.41) is 2.88. The largest absolute Gasteiger partial charge is 0.416 e. The number of hydrogen-bond donors (Lipinski definition) is 1. The van der Waals surface area contributed by atoms with E-state index in [2.05, 4.69) is 12.2 Å². The van der Waals surface area contributed by atoms with Gasteiger partial charge in [0, 0.05) is 11.4 Å². The van der Waals surface area contributed by atoms with Crippen molar-refractivity contribution in [2.45, 2.75) is 37.3 Å². The summed E-state index contributed by atoms with van der Waals surface area (Å²) < 4.78 is 38.5. The fourth-order valence-corrected chi connectivity index (χ4v) is 5.39. The second kappa shape index (κ2) is 12.4. The van der Waals surface area contributed by atoms with E-state index in [1.54, 1.807) is 18.2 Å². The number of unbranched alkanes of at least 4 members (excludes halogenated alkanes) is 1. The highest BCUT2D eigenvalue weighted by molar-refractivity contribution is 8.04. The molecule has 34 heavy (non-hydrogen) atoms. The van der Waals surface area contributed by atoms with E-state index in [1.165, 1.54) is 41.6 Å². The predicted octanol–water partition coefficient (Wildman–Crippen LogP) is 6.22. The van der Waals surface area contributed by atoms with Crippen LogP contribution in [0.15, 0.2) is 58.3 Å². The van der Waals surface area contributed by atoms with Crippen molar-refractivity contribution in [1.29, 1.82) is 0 Å². The number of nitrogens with zero attached hydrogens (tertiary/aromatic N) is 1.